The van der Waals surface area contributed by atoms with Crippen LogP contribution in [0.2, 0.25) is 0 Å². The van der Waals surface area contributed by atoms with Crippen LogP contribution in [0, 0.1) is 0 Å². The summed E-state index contributed by atoms with van der Waals surface area (Å²) in [5.41, 5.74) is 5.42. The number of thiocarbonyl (C=S) groups is 1. The molecule has 0 nitrogen and oxygen atoms in total. The van der Waals surface area contributed by atoms with E-state index in [9.17, 15) is 0 Å². The van der Waals surface area contributed by atoms with Crippen molar-refractivity contribution in [2.45, 2.75) is 117 Å². The van der Waals surface area contributed by atoms with Crippen LogP contribution < -0.4 is 0 Å². The molecule has 2 aromatic carbocycles. The Bertz CT molecular complexity index is 818. The third kappa shape index (κ3) is 12.1. The maximum atomic E-state index is 5.63. The molecule has 1 heteroatoms. The van der Waals surface area contributed by atoms with Gasteiger partial charge in [-0.25, -0.2) is 0 Å². The number of aryl methyl sites for hydroxylation is 2. The highest BCUT2D eigenvalue weighted by atomic mass is 32.1. The lowest BCUT2D eigenvalue weighted by molar-refractivity contribution is 0.544. The van der Waals surface area contributed by atoms with Crippen molar-refractivity contribution in [2.24, 2.45) is 0 Å². The molecule has 0 aliphatic rings. The van der Waals surface area contributed by atoms with Gasteiger partial charge >= 0.3 is 0 Å². The van der Waals surface area contributed by atoms with E-state index in [0.717, 1.165) is 16.8 Å². The largest absolute Gasteiger partial charge is 0.0795 e. The Labute approximate surface area is 216 Å². The second kappa shape index (κ2) is 18.6. The fraction of sp³-hybridized carbons (Fsp3) is 0.545. The standard InChI is InChI=1S/C33H48S/c1-3-5-7-8-9-10-11-12-13-14-15-17-20-29-24-25-30(32(28-29)21-6-4-2)26-27-33(34)31-22-18-16-19-23-31/h16,18-19,22-28H,3-15,17,20-21H2,1-2H3. The van der Waals surface area contributed by atoms with E-state index in [1.165, 1.54) is 113 Å². The Morgan fingerprint density at radius 2 is 1.24 bits per heavy atom. The molecule has 0 radical (unpaired) electrons. The van der Waals surface area contributed by atoms with E-state index in [1.54, 1.807) is 0 Å². The van der Waals surface area contributed by atoms with Gasteiger partial charge in [0.25, 0.3) is 0 Å². The van der Waals surface area contributed by atoms with E-state index in [0.29, 0.717) is 0 Å². The molecule has 0 unspecified atom stereocenters. The van der Waals surface area contributed by atoms with Crippen LogP contribution in [0.25, 0.3) is 6.08 Å². The van der Waals surface area contributed by atoms with E-state index in [4.69, 9.17) is 12.2 Å². The molecule has 34 heavy (non-hydrogen) atoms. The minimum absolute atomic E-state index is 0.905. The van der Waals surface area contributed by atoms with Gasteiger partial charge < -0.3 is 0 Å². The number of hydrogen-bond donors (Lipinski definition) is 0. The van der Waals surface area contributed by atoms with Crippen molar-refractivity contribution < 1.29 is 0 Å². The number of allylic oxidation sites excluding steroid dienone is 1. The van der Waals surface area contributed by atoms with Crippen molar-refractivity contribution in [3.8, 4) is 0 Å². The first-order valence-electron chi connectivity index (χ1n) is 14.1. The Hall–Kier alpha value is -1.73. The molecule has 186 valence electrons. The van der Waals surface area contributed by atoms with Crippen LogP contribution in [0.1, 0.15) is 126 Å². The van der Waals surface area contributed by atoms with Crippen molar-refractivity contribution >= 4 is 23.2 Å². The van der Waals surface area contributed by atoms with Crippen molar-refractivity contribution in [3.05, 3.63) is 76.9 Å². The van der Waals surface area contributed by atoms with Crippen LogP contribution in [0.4, 0.5) is 0 Å². The van der Waals surface area contributed by atoms with Gasteiger partial charge in [0.05, 0.1) is 0 Å². The SMILES string of the molecule is CCCCCCCCCCCCCCc1ccc(C=CC(=S)c2ccccc2)c(CCCC)c1. The summed E-state index contributed by atoms with van der Waals surface area (Å²) in [6, 6.07) is 17.4. The Morgan fingerprint density at radius 1 is 0.647 bits per heavy atom. The van der Waals surface area contributed by atoms with Crippen LogP contribution >= 0.6 is 12.2 Å². The third-order valence-electron chi connectivity index (χ3n) is 6.80. The minimum atomic E-state index is 0.905. The molecular weight excluding hydrogens is 428 g/mol. The molecule has 0 amide bonds. The lowest BCUT2D eigenvalue weighted by Crippen LogP contribution is -1.96. The highest BCUT2D eigenvalue weighted by molar-refractivity contribution is 7.81. The number of hydrogen-bond acceptors (Lipinski definition) is 1. The van der Waals surface area contributed by atoms with E-state index in [1.807, 2.05) is 18.2 Å². The van der Waals surface area contributed by atoms with Crippen molar-refractivity contribution in [1.29, 1.82) is 0 Å². The Kier molecular flexibility index (Phi) is 15.6. The molecule has 0 aliphatic heterocycles. The van der Waals surface area contributed by atoms with E-state index in [2.05, 4.69) is 56.3 Å². The van der Waals surface area contributed by atoms with Gasteiger partial charge in [-0.05, 0) is 54.0 Å². The molecule has 2 aromatic rings. The Morgan fingerprint density at radius 3 is 1.85 bits per heavy atom. The zero-order valence-electron chi connectivity index (χ0n) is 22.0. The molecular formula is C33H48S. The summed E-state index contributed by atoms with van der Waals surface area (Å²) in [6.07, 6.45) is 26.1. The first-order chi connectivity index (χ1) is 16.7. The zero-order valence-corrected chi connectivity index (χ0v) is 22.8. The van der Waals surface area contributed by atoms with Crippen LogP contribution in [0.3, 0.4) is 0 Å². The fourth-order valence-corrected chi connectivity index (χ4v) is 4.80. The van der Waals surface area contributed by atoms with Gasteiger partial charge in [0.2, 0.25) is 0 Å². The summed E-state index contributed by atoms with van der Waals surface area (Å²) in [5, 5.41) is 0. The van der Waals surface area contributed by atoms with E-state index in [-0.39, 0.29) is 0 Å². The summed E-state index contributed by atoms with van der Waals surface area (Å²) in [4.78, 5) is 0.905. The van der Waals surface area contributed by atoms with Gasteiger partial charge in [-0.3, -0.25) is 0 Å². The molecule has 0 saturated carbocycles. The second-order valence-corrected chi connectivity index (χ2v) is 10.3. The minimum Gasteiger partial charge on any atom is -0.0795 e. The first kappa shape index (κ1) is 28.5. The molecule has 2 rings (SSSR count). The maximum Gasteiger partial charge on any atom is 0.0449 e. The van der Waals surface area contributed by atoms with Gasteiger partial charge in [-0.1, -0.05) is 158 Å². The molecule has 0 bridgehead atoms. The lowest BCUT2D eigenvalue weighted by atomic mass is 9.96. The summed E-state index contributed by atoms with van der Waals surface area (Å²) in [7, 11) is 0. The molecule has 0 saturated heterocycles. The Balaban J connectivity index is 1.73. The van der Waals surface area contributed by atoms with Crippen LogP contribution in [-0.2, 0) is 12.8 Å². The molecule has 0 spiro atoms. The van der Waals surface area contributed by atoms with E-state index >= 15 is 0 Å². The molecule has 0 N–H and O–H groups in total. The molecule has 0 aromatic heterocycles. The summed E-state index contributed by atoms with van der Waals surface area (Å²) in [5.74, 6) is 0. The molecule has 0 heterocycles. The second-order valence-electron chi connectivity index (χ2n) is 9.84. The van der Waals surface area contributed by atoms with Gasteiger partial charge in [0.15, 0.2) is 0 Å². The average molecular weight is 477 g/mol. The number of rotatable bonds is 19. The normalized spacial score (nSPS) is 11.4. The monoisotopic (exact) mass is 476 g/mol. The smallest absolute Gasteiger partial charge is 0.0449 e. The van der Waals surface area contributed by atoms with Crippen molar-refractivity contribution in [1.82, 2.24) is 0 Å². The van der Waals surface area contributed by atoms with Crippen LogP contribution in [-0.4, -0.2) is 4.86 Å². The summed E-state index contributed by atoms with van der Waals surface area (Å²) < 4.78 is 0. The maximum absolute atomic E-state index is 5.63. The predicted octanol–water partition coefficient (Wildman–Crippen LogP) is 10.7. The highest BCUT2D eigenvalue weighted by Gasteiger charge is 2.04. The highest BCUT2D eigenvalue weighted by Crippen LogP contribution is 2.20. The summed E-state index contributed by atoms with van der Waals surface area (Å²) >= 11 is 5.63. The van der Waals surface area contributed by atoms with Gasteiger partial charge in [0, 0.05) is 4.86 Å². The van der Waals surface area contributed by atoms with Crippen molar-refractivity contribution in [3.63, 3.8) is 0 Å². The van der Waals surface area contributed by atoms with Crippen LogP contribution in [0.15, 0.2) is 54.6 Å². The fourth-order valence-electron chi connectivity index (χ4n) is 4.60. The van der Waals surface area contributed by atoms with Gasteiger partial charge in [-0.2, -0.15) is 0 Å². The molecule has 0 atom stereocenters. The topological polar surface area (TPSA) is 0 Å². The van der Waals surface area contributed by atoms with Crippen molar-refractivity contribution in [2.75, 3.05) is 0 Å². The number of unbranched alkanes of at least 4 members (excludes halogenated alkanes) is 12. The van der Waals surface area contributed by atoms with Gasteiger partial charge in [0.1, 0.15) is 0 Å². The van der Waals surface area contributed by atoms with Crippen LogP contribution in [0.5, 0.6) is 0 Å². The lowest BCUT2D eigenvalue weighted by Gasteiger charge is -2.10. The average Bonchev–Trinajstić information content (AvgIpc) is 2.87. The van der Waals surface area contributed by atoms with Gasteiger partial charge in [-0.15, -0.1) is 0 Å². The molecule has 0 aliphatic carbocycles. The van der Waals surface area contributed by atoms with E-state index < -0.39 is 0 Å². The molecule has 0 fully saturated rings. The summed E-state index contributed by atoms with van der Waals surface area (Å²) in [6.45, 7) is 4.57. The zero-order chi connectivity index (χ0) is 24.3. The number of benzene rings is 2. The quantitative estimate of drug-likeness (QED) is 0.0840. The predicted molar refractivity (Wildman–Crippen MR) is 157 cm³/mol. The first-order valence-corrected chi connectivity index (χ1v) is 14.5. The third-order valence-corrected chi connectivity index (χ3v) is 7.17.